The van der Waals surface area contributed by atoms with Gasteiger partial charge in [-0.1, -0.05) is 11.8 Å². The van der Waals surface area contributed by atoms with Crippen molar-refractivity contribution < 1.29 is 9.18 Å². The van der Waals surface area contributed by atoms with Crippen LogP contribution in [0.1, 0.15) is 18.1 Å². The van der Waals surface area contributed by atoms with E-state index in [9.17, 15) is 9.18 Å². The molecule has 0 saturated carbocycles. The molecular weight excluding hydrogens is 233 g/mol. The Balaban J connectivity index is 2.72. The summed E-state index contributed by atoms with van der Waals surface area (Å²) in [6.07, 6.45) is 0. The fourth-order valence-electron chi connectivity index (χ4n) is 1.34. The highest BCUT2D eigenvalue weighted by Gasteiger charge is 2.04. The monoisotopic (exact) mass is 249 g/mol. The van der Waals surface area contributed by atoms with Crippen molar-refractivity contribution >= 4 is 6.03 Å². The first-order chi connectivity index (χ1) is 8.67. The van der Waals surface area contributed by atoms with Crippen molar-refractivity contribution in [3.05, 3.63) is 35.1 Å². The molecule has 18 heavy (non-hydrogen) atoms. The molecule has 4 N–H and O–H groups in total. The first-order valence-electron chi connectivity index (χ1n) is 5.66. The molecule has 0 spiro atoms. The third kappa shape index (κ3) is 4.44. The highest BCUT2D eigenvalue weighted by atomic mass is 19.1. The van der Waals surface area contributed by atoms with Crippen molar-refractivity contribution in [3.8, 4) is 11.8 Å². The lowest BCUT2D eigenvalue weighted by molar-refractivity contribution is 0.241. The lowest BCUT2D eigenvalue weighted by atomic mass is 10.1. The molecule has 0 saturated heterocycles. The third-order valence-corrected chi connectivity index (χ3v) is 2.16. The van der Waals surface area contributed by atoms with Crippen molar-refractivity contribution in [3.63, 3.8) is 0 Å². The number of nitrogens with one attached hydrogen (secondary N) is 2. The summed E-state index contributed by atoms with van der Waals surface area (Å²) in [4.78, 5) is 11.2. The average molecular weight is 249 g/mol. The lowest BCUT2D eigenvalue weighted by Gasteiger charge is -2.07. The van der Waals surface area contributed by atoms with Gasteiger partial charge < -0.3 is 16.4 Å². The van der Waals surface area contributed by atoms with Gasteiger partial charge >= 0.3 is 6.03 Å². The van der Waals surface area contributed by atoms with Crippen molar-refractivity contribution in [1.29, 1.82) is 0 Å². The smallest absolute Gasteiger partial charge is 0.315 e. The summed E-state index contributed by atoms with van der Waals surface area (Å²) in [6, 6.07) is 4.18. The standard InChI is InChI=1S/C13H16FN3O/c1-2-16-13(18)17-9-11-8-10(4-3-7-15)5-6-12(11)14/h5-6,8H,2,7,9,15H2,1H3,(H2,16,17,18). The fraction of sp³-hybridized carbons (Fsp3) is 0.308. The topological polar surface area (TPSA) is 67.2 Å². The third-order valence-electron chi connectivity index (χ3n) is 2.16. The fourth-order valence-corrected chi connectivity index (χ4v) is 1.34. The summed E-state index contributed by atoms with van der Waals surface area (Å²) in [5.41, 5.74) is 6.33. The molecule has 0 bridgehead atoms. The normalized spacial score (nSPS) is 9.28. The van der Waals surface area contributed by atoms with Crippen LogP contribution in [0.25, 0.3) is 0 Å². The molecule has 1 aromatic carbocycles. The molecule has 0 atom stereocenters. The molecule has 0 radical (unpaired) electrons. The van der Waals surface area contributed by atoms with Crippen molar-refractivity contribution in [2.75, 3.05) is 13.1 Å². The molecule has 0 unspecified atom stereocenters. The Hall–Kier alpha value is -2.06. The lowest BCUT2D eigenvalue weighted by Crippen LogP contribution is -2.34. The minimum Gasteiger partial charge on any atom is -0.338 e. The van der Waals surface area contributed by atoms with E-state index in [2.05, 4.69) is 22.5 Å². The van der Waals surface area contributed by atoms with E-state index in [0.29, 0.717) is 17.7 Å². The van der Waals surface area contributed by atoms with Gasteiger partial charge in [0.05, 0.1) is 6.54 Å². The zero-order chi connectivity index (χ0) is 13.4. The summed E-state index contributed by atoms with van der Waals surface area (Å²) >= 11 is 0. The number of halogens is 1. The molecule has 5 heteroatoms. The summed E-state index contributed by atoms with van der Waals surface area (Å²) < 4.78 is 13.5. The van der Waals surface area contributed by atoms with E-state index in [-0.39, 0.29) is 24.9 Å². The molecule has 0 aromatic heterocycles. The summed E-state index contributed by atoms with van der Waals surface area (Å²) in [5, 5.41) is 5.13. The SMILES string of the molecule is CCNC(=O)NCc1cc(C#CCN)ccc1F. The molecule has 1 aromatic rings. The molecule has 0 fully saturated rings. The Kier molecular flexibility index (Phi) is 5.68. The molecule has 0 aliphatic carbocycles. The second-order valence-corrected chi connectivity index (χ2v) is 3.53. The number of carbonyl (C=O) groups excluding carboxylic acids is 1. The summed E-state index contributed by atoms with van der Waals surface area (Å²) in [6.45, 7) is 2.71. The number of hydrogen-bond donors (Lipinski definition) is 3. The zero-order valence-electron chi connectivity index (χ0n) is 10.2. The predicted octanol–water partition coefficient (Wildman–Crippen LogP) is 0.955. The van der Waals surface area contributed by atoms with E-state index in [1.165, 1.54) is 6.07 Å². The number of hydrogen-bond acceptors (Lipinski definition) is 2. The van der Waals surface area contributed by atoms with E-state index in [1.807, 2.05) is 6.92 Å². The molecule has 2 amide bonds. The molecule has 96 valence electrons. The van der Waals surface area contributed by atoms with E-state index in [1.54, 1.807) is 12.1 Å². The Morgan fingerprint density at radius 3 is 2.89 bits per heavy atom. The summed E-state index contributed by atoms with van der Waals surface area (Å²) in [7, 11) is 0. The number of carbonyl (C=O) groups is 1. The van der Waals surface area contributed by atoms with Crippen LogP contribution < -0.4 is 16.4 Å². The van der Waals surface area contributed by atoms with Gasteiger partial charge in [-0.3, -0.25) is 0 Å². The Labute approximate surface area is 106 Å². The van der Waals surface area contributed by atoms with E-state index in [4.69, 9.17) is 5.73 Å². The number of urea groups is 1. The Bertz CT molecular complexity index is 477. The van der Waals surface area contributed by atoms with Crippen LogP contribution in [0, 0.1) is 17.7 Å². The van der Waals surface area contributed by atoms with Crippen LogP contribution in [0.2, 0.25) is 0 Å². The summed E-state index contributed by atoms with van der Waals surface area (Å²) in [5.74, 6) is 5.14. The second-order valence-electron chi connectivity index (χ2n) is 3.53. The van der Waals surface area contributed by atoms with Crippen molar-refractivity contribution in [1.82, 2.24) is 10.6 Å². The number of amides is 2. The van der Waals surface area contributed by atoms with Crippen LogP contribution in [0.4, 0.5) is 9.18 Å². The van der Waals surface area contributed by atoms with Gasteiger partial charge in [0.2, 0.25) is 0 Å². The minimum absolute atomic E-state index is 0.121. The van der Waals surface area contributed by atoms with Gasteiger partial charge in [-0.15, -0.1) is 0 Å². The maximum Gasteiger partial charge on any atom is 0.315 e. The molecule has 4 nitrogen and oxygen atoms in total. The van der Waals surface area contributed by atoms with Crippen molar-refractivity contribution in [2.24, 2.45) is 5.73 Å². The van der Waals surface area contributed by atoms with E-state index in [0.717, 1.165) is 0 Å². The number of nitrogens with two attached hydrogens (primary N) is 1. The maximum absolute atomic E-state index is 13.5. The molecule has 0 heterocycles. The minimum atomic E-state index is -0.370. The number of rotatable bonds is 3. The highest BCUT2D eigenvalue weighted by molar-refractivity contribution is 5.73. The van der Waals surface area contributed by atoms with Gasteiger partial charge in [0.25, 0.3) is 0 Å². The first kappa shape index (κ1) is 14.0. The van der Waals surface area contributed by atoms with Gasteiger partial charge in [0.15, 0.2) is 0 Å². The molecule has 0 aliphatic heterocycles. The van der Waals surface area contributed by atoms with Crippen LogP contribution in [0.5, 0.6) is 0 Å². The van der Waals surface area contributed by atoms with Crippen molar-refractivity contribution in [2.45, 2.75) is 13.5 Å². The maximum atomic E-state index is 13.5. The van der Waals surface area contributed by atoms with E-state index < -0.39 is 0 Å². The largest absolute Gasteiger partial charge is 0.338 e. The highest BCUT2D eigenvalue weighted by Crippen LogP contribution is 2.09. The zero-order valence-corrected chi connectivity index (χ0v) is 10.2. The number of benzene rings is 1. The van der Waals surface area contributed by atoms with Gasteiger partial charge in [-0.25, -0.2) is 9.18 Å². The quantitative estimate of drug-likeness (QED) is 0.698. The molecule has 1 rings (SSSR count). The molecule has 0 aliphatic rings. The van der Waals surface area contributed by atoms with Gasteiger partial charge in [0, 0.05) is 24.2 Å². The average Bonchev–Trinajstić information content (AvgIpc) is 2.36. The van der Waals surface area contributed by atoms with Crippen LogP contribution in [-0.4, -0.2) is 19.1 Å². The van der Waals surface area contributed by atoms with Gasteiger partial charge in [-0.2, -0.15) is 0 Å². The Morgan fingerprint density at radius 2 is 2.22 bits per heavy atom. The first-order valence-corrected chi connectivity index (χ1v) is 5.66. The van der Waals surface area contributed by atoms with Crippen LogP contribution in [-0.2, 0) is 6.54 Å². The predicted molar refractivity (Wildman–Crippen MR) is 68.2 cm³/mol. The molecular formula is C13H16FN3O. The van der Waals surface area contributed by atoms with E-state index >= 15 is 0 Å². The van der Waals surface area contributed by atoms with Gasteiger partial charge in [-0.05, 0) is 25.1 Å². The van der Waals surface area contributed by atoms with Crippen LogP contribution in [0.3, 0.4) is 0 Å². The van der Waals surface area contributed by atoms with Crippen LogP contribution in [0.15, 0.2) is 18.2 Å². The Morgan fingerprint density at radius 1 is 1.44 bits per heavy atom. The van der Waals surface area contributed by atoms with Crippen LogP contribution >= 0.6 is 0 Å². The second kappa shape index (κ2) is 7.30. The van der Waals surface area contributed by atoms with Gasteiger partial charge in [0.1, 0.15) is 5.82 Å².